The minimum absolute atomic E-state index is 0.411. The molecule has 1 atom stereocenters. The van der Waals surface area contributed by atoms with Crippen molar-refractivity contribution in [1.82, 2.24) is 4.98 Å². The molecule has 29 heavy (non-hydrogen) atoms. The van der Waals surface area contributed by atoms with Crippen molar-refractivity contribution in [3.63, 3.8) is 0 Å². The van der Waals surface area contributed by atoms with Gasteiger partial charge in [0.15, 0.2) is 18.3 Å². The lowest BCUT2D eigenvalue weighted by Crippen LogP contribution is -2.19. The van der Waals surface area contributed by atoms with E-state index in [1.807, 2.05) is 42.5 Å². The fraction of sp³-hybridized carbons (Fsp3) is 0.182. The smallest absolute Gasteiger partial charge is 0.331 e. The summed E-state index contributed by atoms with van der Waals surface area (Å²) in [5, 5.41) is 13.4. The van der Waals surface area contributed by atoms with E-state index in [1.54, 1.807) is 25.5 Å². The van der Waals surface area contributed by atoms with Gasteiger partial charge in [-0.05, 0) is 47.5 Å². The van der Waals surface area contributed by atoms with E-state index in [9.17, 15) is 14.9 Å². The quantitative estimate of drug-likeness (QED) is 0.434. The van der Waals surface area contributed by atoms with Gasteiger partial charge in [-0.15, -0.1) is 11.3 Å². The average molecular weight is 406 g/mol. The molecule has 0 aliphatic rings. The van der Waals surface area contributed by atoms with Crippen molar-refractivity contribution in [2.24, 2.45) is 0 Å². The molecule has 0 saturated carbocycles. The molecule has 6 nitrogen and oxygen atoms in total. The number of nitrogens with zero attached hydrogens (tertiary/aromatic N) is 2. The zero-order valence-electron chi connectivity index (χ0n) is 15.9. The maximum absolute atomic E-state index is 12.2. The highest BCUT2D eigenvalue weighted by Gasteiger charge is 2.24. The van der Waals surface area contributed by atoms with Gasteiger partial charge in [0.25, 0.3) is 0 Å². The van der Waals surface area contributed by atoms with Crippen molar-refractivity contribution in [2.45, 2.75) is 12.8 Å². The van der Waals surface area contributed by atoms with Gasteiger partial charge in [0, 0.05) is 17.2 Å². The SMILES string of the molecule is COc1ccc2cc(/C=C/C(=O)OCC(=O)[C@H](C#N)c3nc(C)cs3)ccc2c1. The lowest BCUT2D eigenvalue weighted by atomic mass is 10.1. The summed E-state index contributed by atoms with van der Waals surface area (Å²) in [6, 6.07) is 13.4. The predicted molar refractivity (Wildman–Crippen MR) is 111 cm³/mol. The normalized spacial score (nSPS) is 11.9. The molecule has 7 heteroatoms. The van der Waals surface area contributed by atoms with Crippen LogP contribution in [-0.4, -0.2) is 30.5 Å². The summed E-state index contributed by atoms with van der Waals surface area (Å²) in [5.74, 6) is -1.40. The molecule has 0 fully saturated rings. The van der Waals surface area contributed by atoms with Crippen LogP contribution in [-0.2, 0) is 14.3 Å². The Kier molecular flexibility index (Phi) is 6.37. The number of Topliss-reactive ketones (excluding diaryl/α,β-unsaturated/α-hetero) is 1. The first-order chi connectivity index (χ1) is 14.0. The summed E-state index contributed by atoms with van der Waals surface area (Å²) < 4.78 is 10.2. The molecule has 0 bridgehead atoms. The van der Waals surface area contributed by atoms with Gasteiger partial charge in [-0.2, -0.15) is 5.26 Å². The highest BCUT2D eigenvalue weighted by molar-refractivity contribution is 7.09. The summed E-state index contributed by atoms with van der Waals surface area (Å²) >= 11 is 1.24. The Morgan fingerprint density at radius 1 is 1.24 bits per heavy atom. The Morgan fingerprint density at radius 3 is 2.69 bits per heavy atom. The lowest BCUT2D eigenvalue weighted by Gasteiger charge is -2.05. The van der Waals surface area contributed by atoms with Gasteiger partial charge in [0.05, 0.1) is 13.2 Å². The third-order valence-corrected chi connectivity index (χ3v) is 5.20. The van der Waals surface area contributed by atoms with Crippen LogP contribution < -0.4 is 4.74 Å². The molecule has 0 amide bonds. The molecule has 0 spiro atoms. The van der Waals surface area contributed by atoms with Crippen molar-refractivity contribution in [2.75, 3.05) is 13.7 Å². The molecule has 0 N–H and O–H groups in total. The first kappa shape index (κ1) is 20.2. The Hall–Kier alpha value is -3.50. The van der Waals surface area contributed by atoms with Gasteiger partial charge in [-0.25, -0.2) is 9.78 Å². The largest absolute Gasteiger partial charge is 0.497 e. The molecule has 1 aromatic heterocycles. The Balaban J connectivity index is 1.60. The number of rotatable bonds is 7. The maximum atomic E-state index is 12.2. The lowest BCUT2D eigenvalue weighted by molar-refractivity contribution is -0.143. The van der Waals surface area contributed by atoms with Crippen LogP contribution in [0.15, 0.2) is 47.9 Å². The number of carbonyl (C=O) groups excluding carboxylic acids is 2. The van der Waals surface area contributed by atoms with E-state index in [0.717, 1.165) is 27.8 Å². The van der Waals surface area contributed by atoms with E-state index < -0.39 is 24.3 Å². The molecule has 0 unspecified atom stereocenters. The minimum Gasteiger partial charge on any atom is -0.497 e. The summed E-state index contributed by atoms with van der Waals surface area (Å²) in [6.45, 7) is 1.31. The van der Waals surface area contributed by atoms with Crippen LogP contribution in [0.3, 0.4) is 0 Å². The summed E-state index contributed by atoms with van der Waals surface area (Å²) in [5.41, 5.74) is 1.56. The van der Waals surface area contributed by atoms with Crippen LogP contribution >= 0.6 is 11.3 Å². The first-order valence-corrected chi connectivity index (χ1v) is 9.65. The molecule has 0 aliphatic heterocycles. The summed E-state index contributed by atoms with van der Waals surface area (Å²) in [6.07, 6.45) is 2.87. The number of aromatic nitrogens is 1. The van der Waals surface area contributed by atoms with E-state index in [4.69, 9.17) is 9.47 Å². The van der Waals surface area contributed by atoms with Gasteiger partial charge in [0.1, 0.15) is 10.8 Å². The van der Waals surface area contributed by atoms with Gasteiger partial charge in [-0.1, -0.05) is 18.2 Å². The maximum Gasteiger partial charge on any atom is 0.331 e. The van der Waals surface area contributed by atoms with E-state index >= 15 is 0 Å². The van der Waals surface area contributed by atoms with Crippen LogP contribution in [0.25, 0.3) is 16.8 Å². The summed E-state index contributed by atoms with van der Waals surface area (Å²) in [7, 11) is 1.62. The first-order valence-electron chi connectivity index (χ1n) is 8.77. The molecular formula is C22H18N2O4S. The van der Waals surface area contributed by atoms with Gasteiger partial charge in [0.2, 0.25) is 0 Å². The van der Waals surface area contributed by atoms with E-state index in [1.165, 1.54) is 17.4 Å². The topological polar surface area (TPSA) is 89.3 Å². The highest BCUT2D eigenvalue weighted by Crippen LogP contribution is 2.23. The molecule has 2 aromatic carbocycles. The molecule has 0 radical (unpaired) electrons. The number of hydrogen-bond donors (Lipinski definition) is 0. The predicted octanol–water partition coefficient (Wildman–Crippen LogP) is 4.05. The fourth-order valence-corrected chi connectivity index (χ4v) is 3.54. The zero-order valence-corrected chi connectivity index (χ0v) is 16.7. The third-order valence-electron chi connectivity index (χ3n) is 4.17. The van der Waals surface area contributed by atoms with Crippen molar-refractivity contribution in [1.29, 1.82) is 5.26 Å². The second-order valence-corrected chi connectivity index (χ2v) is 7.16. The standard InChI is InChI=1S/C22H18N2O4S/c1-14-13-29-22(24-14)19(11-23)20(25)12-28-21(26)8-4-15-3-5-17-10-18(27-2)7-6-16(17)9-15/h3-10,13,19H,12H2,1-2H3/b8-4+/t19-/m0/s1. The van der Waals surface area contributed by atoms with E-state index in [0.29, 0.717) is 5.01 Å². The zero-order chi connectivity index (χ0) is 20.8. The van der Waals surface area contributed by atoms with Crippen LogP contribution in [0.4, 0.5) is 0 Å². The molecule has 3 rings (SSSR count). The monoisotopic (exact) mass is 406 g/mol. The second kappa shape index (κ2) is 9.13. The highest BCUT2D eigenvalue weighted by atomic mass is 32.1. The number of nitriles is 1. The van der Waals surface area contributed by atoms with Crippen LogP contribution in [0.5, 0.6) is 5.75 Å². The number of benzene rings is 2. The number of aryl methyl sites for hydroxylation is 1. The molecule has 3 aromatic rings. The molecule has 146 valence electrons. The van der Waals surface area contributed by atoms with Crippen LogP contribution in [0, 0.1) is 18.3 Å². The number of fused-ring (bicyclic) bond motifs is 1. The van der Waals surface area contributed by atoms with Crippen molar-refractivity contribution >= 4 is 39.9 Å². The number of esters is 1. The number of hydrogen-bond acceptors (Lipinski definition) is 7. The van der Waals surface area contributed by atoms with E-state index in [-0.39, 0.29) is 0 Å². The number of thiazole rings is 1. The molecular weight excluding hydrogens is 388 g/mol. The molecule has 1 heterocycles. The van der Waals surface area contributed by atoms with Gasteiger partial charge in [-0.3, -0.25) is 4.79 Å². The third kappa shape index (κ3) is 5.06. The second-order valence-electron chi connectivity index (χ2n) is 6.27. The van der Waals surface area contributed by atoms with Gasteiger partial charge < -0.3 is 9.47 Å². The number of carbonyl (C=O) groups is 2. The number of methoxy groups -OCH3 is 1. The van der Waals surface area contributed by atoms with Crippen molar-refractivity contribution in [3.05, 3.63) is 64.1 Å². The van der Waals surface area contributed by atoms with Crippen molar-refractivity contribution < 1.29 is 19.1 Å². The minimum atomic E-state index is -1.03. The number of ether oxygens (including phenoxy) is 2. The van der Waals surface area contributed by atoms with Crippen molar-refractivity contribution in [3.8, 4) is 11.8 Å². The summed E-state index contributed by atoms with van der Waals surface area (Å²) in [4.78, 5) is 28.3. The Labute approximate surface area is 172 Å². The van der Waals surface area contributed by atoms with E-state index in [2.05, 4.69) is 4.98 Å². The van der Waals surface area contributed by atoms with Gasteiger partial charge >= 0.3 is 5.97 Å². The van der Waals surface area contributed by atoms with Crippen LogP contribution in [0.1, 0.15) is 22.2 Å². The van der Waals surface area contributed by atoms with Crippen LogP contribution in [0.2, 0.25) is 0 Å². The fourth-order valence-electron chi connectivity index (χ4n) is 2.68. The molecule has 0 saturated heterocycles. The Morgan fingerprint density at radius 2 is 2.00 bits per heavy atom. The molecule has 0 aliphatic carbocycles. The average Bonchev–Trinajstić information content (AvgIpc) is 3.16. The Bertz CT molecular complexity index is 1130. The number of ketones is 1.